The molecule has 0 aromatic heterocycles. The molecule has 1 saturated heterocycles. The highest BCUT2D eigenvalue weighted by atomic mass is 79.9. The molecule has 2 rings (SSSR count). The first-order chi connectivity index (χ1) is 9.01. The van der Waals surface area contributed by atoms with Gasteiger partial charge in [0.05, 0.1) is 11.0 Å². The van der Waals surface area contributed by atoms with Gasteiger partial charge in [-0.2, -0.15) is 4.31 Å². The van der Waals surface area contributed by atoms with Gasteiger partial charge in [-0.15, -0.1) is 0 Å². The number of rotatable bonds is 4. The minimum absolute atomic E-state index is 0.0102. The van der Waals surface area contributed by atoms with Crippen molar-refractivity contribution in [2.24, 2.45) is 0 Å². The fraction of sp³-hybridized carbons (Fsp3) is 0.538. The fourth-order valence-electron chi connectivity index (χ4n) is 2.16. The van der Waals surface area contributed by atoms with E-state index in [0.29, 0.717) is 15.9 Å². The lowest BCUT2D eigenvalue weighted by molar-refractivity contribution is 0.00858. The molecule has 1 atom stereocenters. The Morgan fingerprint density at radius 3 is 2.74 bits per heavy atom. The van der Waals surface area contributed by atoms with Crippen LogP contribution < -0.4 is 0 Å². The van der Waals surface area contributed by atoms with Crippen LogP contribution in [0.2, 0.25) is 0 Å². The van der Waals surface area contributed by atoms with Gasteiger partial charge in [0.25, 0.3) is 0 Å². The van der Waals surface area contributed by atoms with Crippen LogP contribution in [-0.4, -0.2) is 39.0 Å². The Morgan fingerprint density at radius 2 is 2.11 bits per heavy atom. The maximum atomic E-state index is 12.5. The highest BCUT2D eigenvalue weighted by Crippen LogP contribution is 2.25. The Labute approximate surface area is 122 Å². The first kappa shape index (κ1) is 15.0. The van der Waals surface area contributed by atoms with Crippen LogP contribution >= 0.6 is 15.9 Å². The van der Waals surface area contributed by atoms with Crippen LogP contribution in [0.25, 0.3) is 0 Å². The lowest BCUT2D eigenvalue weighted by Gasteiger charge is -2.27. The van der Waals surface area contributed by atoms with E-state index in [1.165, 1.54) is 4.31 Å². The summed E-state index contributed by atoms with van der Waals surface area (Å²) in [6.45, 7) is 1.14. The van der Waals surface area contributed by atoms with E-state index >= 15 is 0 Å². The normalized spacial score (nSPS) is 20.7. The van der Waals surface area contributed by atoms with Gasteiger partial charge in [-0.05, 0) is 47.3 Å². The molecule has 0 spiro atoms. The molecule has 6 heteroatoms. The summed E-state index contributed by atoms with van der Waals surface area (Å²) in [5.41, 5.74) is 0. The number of ether oxygens (including phenoxy) is 1. The third-order valence-corrected chi connectivity index (χ3v) is 6.10. The molecule has 1 heterocycles. The lowest BCUT2D eigenvalue weighted by atomic mass is 10.1. The molecule has 0 saturated carbocycles. The van der Waals surface area contributed by atoms with Gasteiger partial charge >= 0.3 is 0 Å². The van der Waals surface area contributed by atoms with Gasteiger partial charge in [-0.1, -0.05) is 12.1 Å². The second kappa shape index (κ2) is 6.35. The van der Waals surface area contributed by atoms with Gasteiger partial charge in [-0.25, -0.2) is 8.42 Å². The minimum atomic E-state index is -3.46. The van der Waals surface area contributed by atoms with Crippen LogP contribution in [0.4, 0.5) is 0 Å². The summed E-state index contributed by atoms with van der Waals surface area (Å²) in [7, 11) is -1.86. The zero-order valence-corrected chi connectivity index (χ0v) is 13.3. The van der Waals surface area contributed by atoms with E-state index in [4.69, 9.17) is 4.74 Å². The molecule has 1 aliphatic heterocycles. The molecule has 0 bridgehead atoms. The molecule has 1 fully saturated rings. The van der Waals surface area contributed by atoms with E-state index in [1.807, 2.05) is 0 Å². The van der Waals surface area contributed by atoms with Crippen molar-refractivity contribution < 1.29 is 13.2 Å². The number of likely N-dealkylation sites (N-methyl/N-ethyl adjacent to an activating group) is 1. The van der Waals surface area contributed by atoms with Crippen molar-refractivity contribution in [1.29, 1.82) is 0 Å². The van der Waals surface area contributed by atoms with Crippen molar-refractivity contribution in [3.63, 3.8) is 0 Å². The Balaban J connectivity index is 2.13. The summed E-state index contributed by atoms with van der Waals surface area (Å²) < 4.78 is 32.5. The van der Waals surface area contributed by atoms with Gasteiger partial charge in [0.1, 0.15) is 0 Å². The smallest absolute Gasteiger partial charge is 0.244 e. The van der Waals surface area contributed by atoms with Gasteiger partial charge in [0.2, 0.25) is 10.0 Å². The summed E-state index contributed by atoms with van der Waals surface area (Å²) in [6, 6.07) is 6.87. The predicted octanol–water partition coefficient (Wildman–Crippen LogP) is 2.64. The number of benzene rings is 1. The lowest BCUT2D eigenvalue weighted by Crippen LogP contribution is -2.37. The first-order valence-corrected chi connectivity index (χ1v) is 8.57. The Kier molecular flexibility index (Phi) is 5.00. The average Bonchev–Trinajstić information content (AvgIpc) is 2.40. The predicted molar refractivity (Wildman–Crippen MR) is 77.5 cm³/mol. The number of nitrogens with zero attached hydrogens (tertiary/aromatic N) is 1. The average molecular weight is 348 g/mol. The van der Waals surface area contributed by atoms with E-state index < -0.39 is 10.0 Å². The molecule has 1 aliphatic rings. The third-order valence-electron chi connectivity index (χ3n) is 3.26. The van der Waals surface area contributed by atoms with Crippen LogP contribution in [0, 0.1) is 0 Å². The highest BCUT2D eigenvalue weighted by Gasteiger charge is 2.26. The second-order valence-corrected chi connectivity index (χ2v) is 7.57. The van der Waals surface area contributed by atoms with Gasteiger partial charge in [0.15, 0.2) is 0 Å². The summed E-state index contributed by atoms with van der Waals surface area (Å²) in [4.78, 5) is 0.299. The van der Waals surface area contributed by atoms with Crippen LogP contribution in [0.1, 0.15) is 19.3 Å². The standard InChI is InChI=1S/C13H18BrNO3S/c1-15(10-11-6-4-5-9-18-11)19(16,17)13-8-3-2-7-12(13)14/h2-3,7-8,11H,4-6,9-10H2,1H3/t11-/m0/s1. The molecule has 4 nitrogen and oxygen atoms in total. The van der Waals surface area contributed by atoms with Crippen molar-refractivity contribution in [2.75, 3.05) is 20.2 Å². The molecule has 0 amide bonds. The van der Waals surface area contributed by atoms with Crippen molar-refractivity contribution in [3.8, 4) is 0 Å². The zero-order chi connectivity index (χ0) is 13.9. The quantitative estimate of drug-likeness (QED) is 0.840. The number of hydrogen-bond acceptors (Lipinski definition) is 3. The fourth-order valence-corrected chi connectivity index (χ4v) is 4.32. The molecule has 106 valence electrons. The van der Waals surface area contributed by atoms with Gasteiger partial charge < -0.3 is 4.74 Å². The van der Waals surface area contributed by atoms with Crippen molar-refractivity contribution >= 4 is 26.0 Å². The first-order valence-electron chi connectivity index (χ1n) is 6.34. The largest absolute Gasteiger partial charge is 0.377 e. The van der Waals surface area contributed by atoms with Gasteiger partial charge in [0, 0.05) is 24.7 Å². The molecule has 0 N–H and O–H groups in total. The van der Waals surface area contributed by atoms with Crippen molar-refractivity contribution in [2.45, 2.75) is 30.3 Å². The summed E-state index contributed by atoms with van der Waals surface area (Å²) in [5, 5.41) is 0. The Bertz CT molecular complexity index is 526. The molecule has 0 aliphatic carbocycles. The minimum Gasteiger partial charge on any atom is -0.377 e. The summed E-state index contributed by atoms with van der Waals surface area (Å²) >= 11 is 3.29. The van der Waals surface area contributed by atoms with Gasteiger partial charge in [-0.3, -0.25) is 0 Å². The molecule has 19 heavy (non-hydrogen) atoms. The molecule has 0 radical (unpaired) electrons. The Morgan fingerprint density at radius 1 is 1.37 bits per heavy atom. The second-order valence-electron chi connectivity index (χ2n) is 4.70. The number of halogens is 1. The maximum absolute atomic E-state index is 12.5. The third kappa shape index (κ3) is 3.56. The summed E-state index contributed by atoms with van der Waals surface area (Å²) in [5.74, 6) is 0. The summed E-state index contributed by atoms with van der Waals surface area (Å²) in [6.07, 6.45) is 3.11. The van der Waals surface area contributed by atoms with E-state index in [1.54, 1.807) is 31.3 Å². The van der Waals surface area contributed by atoms with E-state index in [2.05, 4.69) is 15.9 Å². The SMILES string of the molecule is CN(C[C@@H]1CCCCO1)S(=O)(=O)c1ccccc1Br. The van der Waals surface area contributed by atoms with E-state index in [-0.39, 0.29) is 6.10 Å². The van der Waals surface area contributed by atoms with Crippen LogP contribution in [0.15, 0.2) is 33.6 Å². The topological polar surface area (TPSA) is 46.6 Å². The van der Waals surface area contributed by atoms with Crippen molar-refractivity contribution in [1.82, 2.24) is 4.31 Å². The monoisotopic (exact) mass is 347 g/mol. The van der Waals surface area contributed by atoms with Crippen molar-refractivity contribution in [3.05, 3.63) is 28.7 Å². The van der Waals surface area contributed by atoms with E-state index in [0.717, 1.165) is 25.9 Å². The molecular formula is C13H18BrNO3S. The Hall–Kier alpha value is -0.430. The number of hydrogen-bond donors (Lipinski definition) is 0. The molecule has 1 aromatic rings. The van der Waals surface area contributed by atoms with Crippen LogP contribution in [0.3, 0.4) is 0 Å². The highest BCUT2D eigenvalue weighted by molar-refractivity contribution is 9.10. The van der Waals surface area contributed by atoms with Crippen LogP contribution in [0.5, 0.6) is 0 Å². The molecule has 0 unspecified atom stereocenters. The number of sulfonamides is 1. The maximum Gasteiger partial charge on any atom is 0.244 e. The molecular weight excluding hydrogens is 330 g/mol. The van der Waals surface area contributed by atoms with E-state index in [9.17, 15) is 8.42 Å². The van der Waals surface area contributed by atoms with Crippen LogP contribution in [-0.2, 0) is 14.8 Å². The molecule has 1 aromatic carbocycles. The zero-order valence-electron chi connectivity index (χ0n) is 10.9.